The highest BCUT2D eigenvalue weighted by molar-refractivity contribution is 5.82. The number of amides is 1. The third kappa shape index (κ3) is 4.46. The number of rotatable bonds is 4. The van der Waals surface area contributed by atoms with Crippen LogP contribution in [-0.2, 0) is 11.2 Å². The molecule has 1 unspecified atom stereocenters. The lowest BCUT2D eigenvalue weighted by molar-refractivity contribution is -0.132. The van der Waals surface area contributed by atoms with Crippen LogP contribution in [0.25, 0.3) is 0 Å². The van der Waals surface area contributed by atoms with E-state index in [1.54, 1.807) is 12.1 Å². The SMILES string of the molecule is CCC1CCCN(C(=O)[C@@H](N)Cc2ccc(O)cc2)CC1. The third-order valence-corrected chi connectivity index (χ3v) is 4.45. The Morgan fingerprint density at radius 1 is 1.33 bits per heavy atom. The summed E-state index contributed by atoms with van der Waals surface area (Å²) >= 11 is 0. The molecule has 4 nitrogen and oxygen atoms in total. The number of phenolic OH excluding ortho intramolecular Hbond substituents is 1. The molecule has 0 saturated carbocycles. The average molecular weight is 290 g/mol. The highest BCUT2D eigenvalue weighted by atomic mass is 16.3. The molecule has 2 atom stereocenters. The van der Waals surface area contributed by atoms with Crippen molar-refractivity contribution in [1.29, 1.82) is 0 Å². The summed E-state index contributed by atoms with van der Waals surface area (Å²) in [6, 6.07) is 6.40. The average Bonchev–Trinajstić information content (AvgIpc) is 2.74. The van der Waals surface area contributed by atoms with E-state index >= 15 is 0 Å². The van der Waals surface area contributed by atoms with Gasteiger partial charge >= 0.3 is 0 Å². The molecule has 1 aromatic rings. The van der Waals surface area contributed by atoms with E-state index in [1.165, 1.54) is 12.8 Å². The number of hydrogen-bond donors (Lipinski definition) is 2. The smallest absolute Gasteiger partial charge is 0.239 e. The molecule has 4 heteroatoms. The Bertz CT molecular complexity index is 458. The van der Waals surface area contributed by atoms with Crippen LogP contribution in [0, 0.1) is 5.92 Å². The van der Waals surface area contributed by atoms with Gasteiger partial charge in [-0.2, -0.15) is 0 Å². The first-order chi connectivity index (χ1) is 10.1. The molecule has 21 heavy (non-hydrogen) atoms. The number of hydrogen-bond acceptors (Lipinski definition) is 3. The van der Waals surface area contributed by atoms with Crippen molar-refractivity contribution in [3.8, 4) is 5.75 Å². The predicted octanol–water partition coefficient (Wildman–Crippen LogP) is 2.30. The van der Waals surface area contributed by atoms with Gasteiger partial charge in [-0.1, -0.05) is 25.5 Å². The van der Waals surface area contributed by atoms with Crippen molar-refractivity contribution in [3.63, 3.8) is 0 Å². The van der Waals surface area contributed by atoms with Crippen LogP contribution in [0.4, 0.5) is 0 Å². The molecule has 0 radical (unpaired) electrons. The molecule has 0 aliphatic carbocycles. The maximum Gasteiger partial charge on any atom is 0.239 e. The lowest BCUT2D eigenvalue weighted by Crippen LogP contribution is -2.45. The number of carbonyl (C=O) groups is 1. The van der Waals surface area contributed by atoms with Crippen LogP contribution in [0.2, 0.25) is 0 Å². The van der Waals surface area contributed by atoms with Gasteiger partial charge in [-0.3, -0.25) is 4.79 Å². The van der Waals surface area contributed by atoms with Crippen molar-refractivity contribution in [2.24, 2.45) is 11.7 Å². The quantitative estimate of drug-likeness (QED) is 0.894. The van der Waals surface area contributed by atoms with E-state index in [0.29, 0.717) is 6.42 Å². The van der Waals surface area contributed by atoms with Crippen LogP contribution in [0.15, 0.2) is 24.3 Å². The summed E-state index contributed by atoms with van der Waals surface area (Å²) in [5.41, 5.74) is 7.06. The van der Waals surface area contributed by atoms with Gasteiger partial charge in [-0.15, -0.1) is 0 Å². The molecule has 1 amide bonds. The van der Waals surface area contributed by atoms with E-state index in [0.717, 1.165) is 37.4 Å². The first kappa shape index (κ1) is 15.8. The van der Waals surface area contributed by atoms with Gasteiger partial charge in [0.05, 0.1) is 6.04 Å². The van der Waals surface area contributed by atoms with E-state index in [-0.39, 0.29) is 11.7 Å². The van der Waals surface area contributed by atoms with Gasteiger partial charge < -0.3 is 15.7 Å². The molecule has 0 spiro atoms. The standard InChI is InChI=1S/C17H26N2O2/c1-2-13-4-3-10-19(11-9-13)17(21)16(18)12-14-5-7-15(20)8-6-14/h5-8,13,16,20H,2-4,9-12,18H2,1H3/t13?,16-/m0/s1. The fraction of sp³-hybridized carbons (Fsp3) is 0.588. The largest absolute Gasteiger partial charge is 0.508 e. The fourth-order valence-corrected chi connectivity index (χ4v) is 3.00. The fourth-order valence-electron chi connectivity index (χ4n) is 3.00. The Morgan fingerprint density at radius 2 is 2.05 bits per heavy atom. The summed E-state index contributed by atoms with van der Waals surface area (Å²) in [5.74, 6) is 1.03. The van der Waals surface area contributed by atoms with Crippen molar-refractivity contribution >= 4 is 5.91 Å². The Morgan fingerprint density at radius 3 is 2.71 bits per heavy atom. The second-order valence-corrected chi connectivity index (χ2v) is 6.01. The monoisotopic (exact) mass is 290 g/mol. The molecule has 3 N–H and O–H groups in total. The molecule has 1 aliphatic heterocycles. The first-order valence-corrected chi connectivity index (χ1v) is 7.92. The lowest BCUT2D eigenvalue weighted by atomic mass is 9.98. The second kappa shape index (κ2) is 7.46. The van der Waals surface area contributed by atoms with Gasteiger partial charge in [0, 0.05) is 13.1 Å². The second-order valence-electron chi connectivity index (χ2n) is 6.01. The highest BCUT2D eigenvalue weighted by Crippen LogP contribution is 2.21. The van der Waals surface area contributed by atoms with Crippen LogP contribution in [-0.4, -0.2) is 35.0 Å². The van der Waals surface area contributed by atoms with E-state index in [4.69, 9.17) is 5.73 Å². The molecule has 1 aromatic carbocycles. The molecule has 1 saturated heterocycles. The molecule has 116 valence electrons. The minimum Gasteiger partial charge on any atom is -0.508 e. The van der Waals surface area contributed by atoms with Gasteiger partial charge in [0.15, 0.2) is 0 Å². The third-order valence-electron chi connectivity index (χ3n) is 4.45. The van der Waals surface area contributed by atoms with E-state index < -0.39 is 6.04 Å². The zero-order valence-electron chi connectivity index (χ0n) is 12.8. The Hall–Kier alpha value is -1.55. The summed E-state index contributed by atoms with van der Waals surface area (Å²) in [6.07, 6.45) is 5.10. The molecule has 1 aliphatic rings. The van der Waals surface area contributed by atoms with Crippen LogP contribution in [0.5, 0.6) is 5.75 Å². The molecule has 2 rings (SSSR count). The number of aromatic hydroxyl groups is 1. The minimum absolute atomic E-state index is 0.0554. The van der Waals surface area contributed by atoms with Crippen LogP contribution < -0.4 is 5.73 Å². The van der Waals surface area contributed by atoms with Crippen molar-refractivity contribution in [3.05, 3.63) is 29.8 Å². The van der Waals surface area contributed by atoms with Crippen LogP contribution in [0.1, 0.15) is 38.2 Å². The number of carbonyl (C=O) groups excluding carboxylic acids is 1. The number of nitrogens with two attached hydrogens (primary N) is 1. The summed E-state index contributed by atoms with van der Waals surface area (Å²) in [4.78, 5) is 14.4. The molecule has 1 heterocycles. The topological polar surface area (TPSA) is 66.6 Å². The van der Waals surface area contributed by atoms with Crippen LogP contribution >= 0.6 is 0 Å². The number of benzene rings is 1. The predicted molar refractivity (Wildman–Crippen MR) is 84.0 cm³/mol. The van der Waals surface area contributed by atoms with Gasteiger partial charge in [0.2, 0.25) is 5.91 Å². The Balaban J connectivity index is 1.90. The van der Waals surface area contributed by atoms with Crippen molar-refractivity contribution in [2.75, 3.05) is 13.1 Å². The molecule has 0 bridgehead atoms. The van der Waals surface area contributed by atoms with Crippen molar-refractivity contribution in [2.45, 2.75) is 45.1 Å². The van der Waals surface area contributed by atoms with Crippen LogP contribution in [0.3, 0.4) is 0 Å². The summed E-state index contributed by atoms with van der Waals surface area (Å²) in [7, 11) is 0. The summed E-state index contributed by atoms with van der Waals surface area (Å²) in [6.45, 7) is 3.89. The number of phenols is 1. The number of nitrogens with zero attached hydrogens (tertiary/aromatic N) is 1. The first-order valence-electron chi connectivity index (χ1n) is 7.92. The zero-order chi connectivity index (χ0) is 15.2. The lowest BCUT2D eigenvalue weighted by Gasteiger charge is -2.24. The summed E-state index contributed by atoms with van der Waals surface area (Å²) < 4.78 is 0. The van der Waals surface area contributed by atoms with Gasteiger partial charge in [-0.05, 0) is 49.3 Å². The van der Waals surface area contributed by atoms with Crippen molar-refractivity contribution < 1.29 is 9.90 Å². The van der Waals surface area contributed by atoms with Gasteiger partial charge in [0.25, 0.3) is 0 Å². The Labute approximate surface area is 126 Å². The Kier molecular flexibility index (Phi) is 5.62. The van der Waals surface area contributed by atoms with Gasteiger partial charge in [0.1, 0.15) is 5.75 Å². The maximum atomic E-state index is 12.5. The zero-order valence-corrected chi connectivity index (χ0v) is 12.8. The number of likely N-dealkylation sites (tertiary alicyclic amines) is 1. The van der Waals surface area contributed by atoms with Gasteiger partial charge in [-0.25, -0.2) is 0 Å². The van der Waals surface area contributed by atoms with E-state index in [1.807, 2.05) is 17.0 Å². The minimum atomic E-state index is -0.493. The van der Waals surface area contributed by atoms with E-state index in [9.17, 15) is 9.90 Å². The van der Waals surface area contributed by atoms with Crippen molar-refractivity contribution in [1.82, 2.24) is 4.90 Å². The maximum absolute atomic E-state index is 12.5. The normalized spacial score (nSPS) is 20.9. The molecular weight excluding hydrogens is 264 g/mol. The van der Waals surface area contributed by atoms with E-state index in [2.05, 4.69) is 6.92 Å². The molecule has 1 fully saturated rings. The summed E-state index contributed by atoms with van der Waals surface area (Å²) in [5, 5.41) is 9.28. The molecule has 0 aromatic heterocycles. The molecular formula is C17H26N2O2. The highest BCUT2D eigenvalue weighted by Gasteiger charge is 2.24.